The van der Waals surface area contributed by atoms with Crippen LogP contribution in [0.25, 0.3) is 0 Å². The molecular weight excluding hydrogens is 206 g/mol. The van der Waals surface area contributed by atoms with Gasteiger partial charge in [0.1, 0.15) is 0 Å². The molecule has 1 N–H and O–H groups in total. The van der Waals surface area contributed by atoms with Crippen LogP contribution in [-0.2, 0) is 9.53 Å². The van der Waals surface area contributed by atoms with Crippen LogP contribution < -0.4 is 0 Å². The largest absolute Gasteiger partial charge is 0.481 e. The second-order valence-corrected chi connectivity index (χ2v) is 4.66. The summed E-state index contributed by atoms with van der Waals surface area (Å²) in [6.45, 7) is 8.98. The van der Waals surface area contributed by atoms with E-state index in [1.54, 1.807) is 7.11 Å². The van der Waals surface area contributed by atoms with Gasteiger partial charge in [-0.25, -0.2) is 0 Å². The third-order valence-corrected chi connectivity index (χ3v) is 2.58. The molecule has 0 spiro atoms. The molecule has 1 atom stereocenters. The highest BCUT2D eigenvalue weighted by Gasteiger charge is 2.15. The second-order valence-electron chi connectivity index (χ2n) is 4.66. The maximum atomic E-state index is 10.5. The monoisotopic (exact) mass is 231 g/mol. The zero-order valence-corrected chi connectivity index (χ0v) is 10.9. The molecule has 0 aliphatic carbocycles. The molecule has 0 saturated heterocycles. The topological polar surface area (TPSA) is 49.8 Å². The lowest BCUT2D eigenvalue weighted by Crippen LogP contribution is -2.38. The number of rotatable bonds is 9. The molecule has 0 rings (SSSR count). The first-order valence-corrected chi connectivity index (χ1v) is 5.92. The van der Waals surface area contributed by atoms with Gasteiger partial charge in [0.25, 0.3) is 0 Å². The van der Waals surface area contributed by atoms with Gasteiger partial charge in [0.15, 0.2) is 0 Å². The van der Waals surface area contributed by atoms with Crippen molar-refractivity contribution in [1.82, 2.24) is 4.90 Å². The molecule has 0 heterocycles. The van der Waals surface area contributed by atoms with E-state index in [4.69, 9.17) is 9.84 Å². The number of methoxy groups -OCH3 is 1. The Balaban J connectivity index is 4.08. The molecule has 0 fully saturated rings. The van der Waals surface area contributed by atoms with Crippen LogP contribution in [0.5, 0.6) is 0 Å². The predicted octanol–water partition coefficient (Wildman–Crippen LogP) is 1.84. The summed E-state index contributed by atoms with van der Waals surface area (Å²) in [4.78, 5) is 12.8. The van der Waals surface area contributed by atoms with Gasteiger partial charge in [-0.05, 0) is 19.3 Å². The number of hydrogen-bond donors (Lipinski definition) is 1. The molecule has 0 aromatic heterocycles. The maximum absolute atomic E-state index is 10.5. The van der Waals surface area contributed by atoms with Crippen molar-refractivity contribution >= 4 is 5.97 Å². The van der Waals surface area contributed by atoms with E-state index in [0.717, 1.165) is 13.1 Å². The molecule has 96 valence electrons. The van der Waals surface area contributed by atoms with E-state index in [1.165, 1.54) is 0 Å². The van der Waals surface area contributed by atoms with Crippen molar-refractivity contribution in [2.75, 3.05) is 26.8 Å². The molecule has 4 nitrogen and oxygen atoms in total. The summed E-state index contributed by atoms with van der Waals surface area (Å²) in [6.07, 6.45) is 0.939. The number of carboxylic acid groups (broad SMARTS) is 1. The standard InChI is InChI=1S/C12H25NO3/c1-10(2)9-13(7-8-16-4)11(3)5-6-12(14)15/h10-11H,5-9H2,1-4H3,(H,14,15). The van der Waals surface area contributed by atoms with Crippen LogP contribution >= 0.6 is 0 Å². The SMILES string of the molecule is COCCN(CC(C)C)C(C)CCC(=O)O. The Kier molecular flexibility index (Phi) is 8.21. The van der Waals surface area contributed by atoms with Crippen molar-refractivity contribution in [1.29, 1.82) is 0 Å². The summed E-state index contributed by atoms with van der Waals surface area (Å²) in [7, 11) is 1.69. The smallest absolute Gasteiger partial charge is 0.303 e. The highest BCUT2D eigenvalue weighted by atomic mass is 16.5. The molecule has 0 amide bonds. The molecule has 0 aliphatic rings. The molecule has 0 radical (unpaired) electrons. The summed E-state index contributed by atoms with van der Waals surface area (Å²) in [5, 5.41) is 8.66. The molecule has 16 heavy (non-hydrogen) atoms. The van der Waals surface area contributed by atoms with E-state index >= 15 is 0 Å². The third-order valence-electron chi connectivity index (χ3n) is 2.58. The number of ether oxygens (including phenoxy) is 1. The molecule has 4 heteroatoms. The highest BCUT2D eigenvalue weighted by Crippen LogP contribution is 2.09. The number of nitrogens with zero attached hydrogens (tertiary/aromatic N) is 1. The summed E-state index contributed by atoms with van der Waals surface area (Å²) in [5.74, 6) is -0.132. The van der Waals surface area contributed by atoms with E-state index in [9.17, 15) is 4.79 Å². The molecule has 0 aliphatic heterocycles. The normalized spacial score (nSPS) is 13.4. The van der Waals surface area contributed by atoms with Crippen LogP contribution in [0.3, 0.4) is 0 Å². The number of aliphatic carboxylic acids is 1. The molecule has 0 bridgehead atoms. The quantitative estimate of drug-likeness (QED) is 0.658. The zero-order valence-electron chi connectivity index (χ0n) is 10.9. The minimum Gasteiger partial charge on any atom is -0.481 e. The summed E-state index contributed by atoms with van der Waals surface area (Å²) < 4.78 is 5.07. The van der Waals surface area contributed by atoms with Gasteiger partial charge in [-0.15, -0.1) is 0 Å². The molecular formula is C12H25NO3. The van der Waals surface area contributed by atoms with Crippen LogP contribution in [-0.4, -0.2) is 48.8 Å². The van der Waals surface area contributed by atoms with Gasteiger partial charge in [-0.2, -0.15) is 0 Å². The predicted molar refractivity (Wildman–Crippen MR) is 64.6 cm³/mol. The summed E-state index contributed by atoms with van der Waals surface area (Å²) >= 11 is 0. The van der Waals surface area contributed by atoms with Gasteiger partial charge in [0.2, 0.25) is 0 Å². The zero-order chi connectivity index (χ0) is 12.6. The Morgan fingerprint density at radius 3 is 2.44 bits per heavy atom. The maximum Gasteiger partial charge on any atom is 0.303 e. The van der Waals surface area contributed by atoms with Crippen molar-refractivity contribution in [2.45, 2.75) is 39.7 Å². The minimum atomic E-state index is -0.719. The first-order valence-electron chi connectivity index (χ1n) is 5.92. The van der Waals surface area contributed by atoms with Gasteiger partial charge in [-0.1, -0.05) is 13.8 Å². The van der Waals surface area contributed by atoms with E-state index in [0.29, 0.717) is 25.0 Å². The Morgan fingerprint density at radius 2 is 2.00 bits per heavy atom. The van der Waals surface area contributed by atoms with Gasteiger partial charge >= 0.3 is 5.97 Å². The average Bonchev–Trinajstić information content (AvgIpc) is 2.20. The van der Waals surface area contributed by atoms with Gasteiger partial charge in [0.05, 0.1) is 6.61 Å². The van der Waals surface area contributed by atoms with E-state index < -0.39 is 5.97 Å². The molecule has 0 aromatic rings. The first kappa shape index (κ1) is 15.4. The van der Waals surface area contributed by atoms with Crippen LogP contribution in [0.1, 0.15) is 33.6 Å². The van der Waals surface area contributed by atoms with Crippen LogP contribution in [0.4, 0.5) is 0 Å². The molecule has 0 saturated carbocycles. The highest BCUT2D eigenvalue weighted by molar-refractivity contribution is 5.66. The Morgan fingerprint density at radius 1 is 1.38 bits per heavy atom. The fraction of sp³-hybridized carbons (Fsp3) is 0.917. The Hall–Kier alpha value is -0.610. The van der Waals surface area contributed by atoms with E-state index in [2.05, 4.69) is 25.7 Å². The van der Waals surface area contributed by atoms with Crippen molar-refractivity contribution in [3.8, 4) is 0 Å². The van der Waals surface area contributed by atoms with Crippen LogP contribution in [0.2, 0.25) is 0 Å². The fourth-order valence-electron chi connectivity index (χ4n) is 1.68. The third kappa shape index (κ3) is 7.65. The first-order chi connectivity index (χ1) is 7.47. The number of carbonyl (C=O) groups is 1. The van der Waals surface area contributed by atoms with Crippen LogP contribution in [0.15, 0.2) is 0 Å². The van der Waals surface area contributed by atoms with Crippen molar-refractivity contribution in [3.05, 3.63) is 0 Å². The minimum absolute atomic E-state index is 0.239. The lowest BCUT2D eigenvalue weighted by atomic mass is 10.1. The number of hydrogen-bond acceptors (Lipinski definition) is 3. The van der Waals surface area contributed by atoms with Crippen molar-refractivity contribution < 1.29 is 14.6 Å². The average molecular weight is 231 g/mol. The lowest BCUT2D eigenvalue weighted by molar-refractivity contribution is -0.137. The number of carboxylic acids is 1. The Bertz CT molecular complexity index is 195. The second kappa shape index (κ2) is 8.53. The van der Waals surface area contributed by atoms with Gasteiger partial charge < -0.3 is 9.84 Å². The Labute approximate surface area is 98.6 Å². The summed E-state index contributed by atoms with van der Waals surface area (Å²) in [6, 6.07) is 0.300. The van der Waals surface area contributed by atoms with Crippen LogP contribution in [0, 0.1) is 5.92 Å². The van der Waals surface area contributed by atoms with E-state index in [1.807, 2.05) is 0 Å². The summed E-state index contributed by atoms with van der Waals surface area (Å²) in [5.41, 5.74) is 0. The van der Waals surface area contributed by atoms with Gasteiger partial charge in [0, 0.05) is 32.7 Å². The van der Waals surface area contributed by atoms with Gasteiger partial charge in [-0.3, -0.25) is 9.69 Å². The molecule has 1 unspecified atom stereocenters. The van der Waals surface area contributed by atoms with E-state index in [-0.39, 0.29) is 6.42 Å². The van der Waals surface area contributed by atoms with Crippen molar-refractivity contribution in [3.63, 3.8) is 0 Å². The molecule has 0 aromatic carbocycles. The lowest BCUT2D eigenvalue weighted by Gasteiger charge is -2.30. The van der Waals surface area contributed by atoms with Crippen molar-refractivity contribution in [2.24, 2.45) is 5.92 Å². The fourth-order valence-corrected chi connectivity index (χ4v) is 1.68.